The summed E-state index contributed by atoms with van der Waals surface area (Å²) in [6, 6.07) is 8.05. The fourth-order valence-corrected chi connectivity index (χ4v) is 4.05. The quantitative estimate of drug-likeness (QED) is 0.326. The zero-order valence-electron chi connectivity index (χ0n) is 16.5. The molecule has 0 radical (unpaired) electrons. The van der Waals surface area contributed by atoms with Crippen molar-refractivity contribution >= 4 is 40.0 Å². The van der Waals surface area contributed by atoms with Crippen LogP contribution in [0.2, 0.25) is 0 Å². The number of hydrogen-bond acceptors (Lipinski definition) is 3. The first-order chi connectivity index (χ1) is 13.1. The summed E-state index contributed by atoms with van der Waals surface area (Å²) in [5.74, 6) is 0.590. The molecule has 1 heterocycles. The molecule has 166 valence electrons. The number of benzene rings is 1. The molecule has 6 nitrogen and oxygen atoms in total. The van der Waals surface area contributed by atoms with Crippen molar-refractivity contribution in [2.75, 3.05) is 26.2 Å². The number of halogens is 4. The van der Waals surface area contributed by atoms with Crippen LogP contribution in [0.3, 0.4) is 0 Å². The van der Waals surface area contributed by atoms with Crippen LogP contribution >= 0.6 is 24.0 Å². The van der Waals surface area contributed by atoms with E-state index in [1.54, 1.807) is 0 Å². The lowest BCUT2D eigenvalue weighted by Gasteiger charge is -2.32. The fraction of sp³-hybridized carbons (Fsp3) is 0.611. The Morgan fingerprint density at radius 2 is 1.93 bits per heavy atom. The molecule has 0 atom stereocenters. The van der Waals surface area contributed by atoms with E-state index >= 15 is 0 Å². The van der Waals surface area contributed by atoms with Gasteiger partial charge in [-0.15, -0.1) is 24.0 Å². The minimum atomic E-state index is -5.25. The molecule has 2 rings (SSSR count). The molecule has 0 saturated carbocycles. The molecule has 0 aromatic heterocycles. The highest BCUT2D eigenvalue weighted by atomic mass is 127. The molecule has 0 bridgehead atoms. The maximum atomic E-state index is 12.7. The van der Waals surface area contributed by atoms with Gasteiger partial charge in [-0.25, -0.2) is 8.42 Å². The van der Waals surface area contributed by atoms with Crippen LogP contribution in [-0.2, 0) is 16.4 Å². The topological polar surface area (TPSA) is 73.8 Å². The molecule has 0 amide bonds. The van der Waals surface area contributed by atoms with Gasteiger partial charge in [0.05, 0.1) is 0 Å². The summed E-state index contributed by atoms with van der Waals surface area (Å²) in [6.07, 6.45) is 1.36. The number of nitrogens with one attached hydrogen (secondary N) is 2. The molecule has 1 aliphatic heterocycles. The summed E-state index contributed by atoms with van der Waals surface area (Å²) in [7, 11) is -5.25. The van der Waals surface area contributed by atoms with Gasteiger partial charge in [0.1, 0.15) is 0 Å². The Kier molecular flexibility index (Phi) is 10.2. The normalized spacial score (nSPS) is 16.9. The van der Waals surface area contributed by atoms with Crippen molar-refractivity contribution in [1.82, 2.24) is 14.9 Å². The molecule has 0 aliphatic carbocycles. The Morgan fingerprint density at radius 3 is 2.48 bits per heavy atom. The number of aliphatic imine (C=N–C) groups is 1. The summed E-state index contributed by atoms with van der Waals surface area (Å²) in [5.41, 5.74) is -2.88. The van der Waals surface area contributed by atoms with Crippen LogP contribution in [0.4, 0.5) is 13.2 Å². The standard InChI is InChI=1S/C18H27F3N4O2S.HI/c1-3-22-17(23-10-7-15-6-4-5-14(2)13-15)24-16-8-11-25(12-9-16)28(26,27)18(19,20)21;/h4-6,13,16H,3,7-12H2,1-2H3,(H2,22,23,24);1H. The van der Waals surface area contributed by atoms with Gasteiger partial charge in [0.2, 0.25) is 0 Å². The number of sulfonamides is 1. The molecule has 1 aliphatic rings. The number of hydrogen-bond donors (Lipinski definition) is 2. The van der Waals surface area contributed by atoms with E-state index in [4.69, 9.17) is 0 Å². The van der Waals surface area contributed by atoms with Gasteiger partial charge in [-0.2, -0.15) is 17.5 Å². The number of aryl methyl sites for hydroxylation is 1. The van der Waals surface area contributed by atoms with Gasteiger partial charge >= 0.3 is 15.5 Å². The van der Waals surface area contributed by atoms with Crippen LogP contribution in [0.15, 0.2) is 29.3 Å². The van der Waals surface area contributed by atoms with E-state index < -0.39 is 15.5 Å². The highest BCUT2D eigenvalue weighted by molar-refractivity contribution is 14.0. The molecular weight excluding hydrogens is 520 g/mol. The maximum absolute atomic E-state index is 12.7. The lowest BCUT2D eigenvalue weighted by molar-refractivity contribution is -0.0494. The summed E-state index contributed by atoms with van der Waals surface area (Å²) in [4.78, 5) is 4.52. The van der Waals surface area contributed by atoms with Crippen LogP contribution in [0.1, 0.15) is 30.9 Å². The lowest BCUT2D eigenvalue weighted by Crippen LogP contribution is -2.51. The van der Waals surface area contributed by atoms with Gasteiger partial charge in [-0.1, -0.05) is 29.8 Å². The summed E-state index contributed by atoms with van der Waals surface area (Å²) in [5, 5.41) is 6.32. The van der Waals surface area contributed by atoms with E-state index in [1.807, 2.05) is 32.0 Å². The molecule has 1 fully saturated rings. The van der Waals surface area contributed by atoms with Gasteiger partial charge < -0.3 is 10.6 Å². The Hall–Kier alpha value is -1.08. The van der Waals surface area contributed by atoms with E-state index in [2.05, 4.69) is 21.7 Å². The second kappa shape index (κ2) is 11.3. The smallest absolute Gasteiger partial charge is 0.357 e. The molecule has 11 heteroatoms. The van der Waals surface area contributed by atoms with Crippen molar-refractivity contribution in [3.05, 3.63) is 35.4 Å². The number of nitrogens with zero attached hydrogens (tertiary/aromatic N) is 2. The van der Waals surface area contributed by atoms with Crippen LogP contribution in [-0.4, -0.2) is 56.4 Å². The monoisotopic (exact) mass is 548 g/mol. The Bertz CT molecular complexity index is 780. The lowest BCUT2D eigenvalue weighted by atomic mass is 10.1. The van der Waals surface area contributed by atoms with E-state index in [0.717, 1.165) is 6.42 Å². The van der Waals surface area contributed by atoms with E-state index in [9.17, 15) is 21.6 Å². The second-order valence-corrected chi connectivity index (χ2v) is 8.70. The molecule has 29 heavy (non-hydrogen) atoms. The van der Waals surface area contributed by atoms with Gasteiger partial charge in [0.25, 0.3) is 0 Å². The summed E-state index contributed by atoms with van der Waals surface area (Å²) < 4.78 is 61.4. The maximum Gasteiger partial charge on any atom is 0.511 e. The molecular formula is C18H28F3IN4O2S. The van der Waals surface area contributed by atoms with Gasteiger partial charge in [-0.3, -0.25) is 4.99 Å². The highest BCUT2D eigenvalue weighted by Gasteiger charge is 2.50. The van der Waals surface area contributed by atoms with Crippen molar-refractivity contribution < 1.29 is 21.6 Å². The van der Waals surface area contributed by atoms with E-state index in [-0.39, 0.29) is 55.9 Å². The van der Waals surface area contributed by atoms with E-state index in [1.165, 1.54) is 11.1 Å². The first-order valence-electron chi connectivity index (χ1n) is 9.30. The first kappa shape index (κ1) is 26.0. The summed E-state index contributed by atoms with van der Waals surface area (Å²) in [6.45, 7) is 4.85. The van der Waals surface area contributed by atoms with Crippen molar-refractivity contribution in [2.24, 2.45) is 4.99 Å². The number of alkyl halides is 3. The Labute approximate surface area is 187 Å². The largest absolute Gasteiger partial charge is 0.511 e. The van der Waals surface area contributed by atoms with E-state index in [0.29, 0.717) is 23.4 Å². The third-order valence-corrected chi connectivity index (χ3v) is 6.15. The first-order valence-corrected chi connectivity index (χ1v) is 10.7. The molecule has 1 aromatic rings. The van der Waals surface area contributed by atoms with Crippen molar-refractivity contribution in [3.8, 4) is 0 Å². The average Bonchev–Trinajstić information content (AvgIpc) is 2.61. The van der Waals surface area contributed by atoms with Gasteiger partial charge in [0, 0.05) is 32.2 Å². The van der Waals surface area contributed by atoms with Gasteiger partial charge in [0.15, 0.2) is 5.96 Å². The highest BCUT2D eigenvalue weighted by Crippen LogP contribution is 2.28. The summed E-state index contributed by atoms with van der Waals surface area (Å²) >= 11 is 0. The number of rotatable bonds is 6. The zero-order valence-corrected chi connectivity index (χ0v) is 19.6. The SMILES string of the molecule is CCNC(=NCCc1cccc(C)c1)NC1CCN(S(=O)(=O)C(F)(F)F)CC1.I. The second-order valence-electron chi connectivity index (χ2n) is 6.77. The number of guanidine groups is 1. The average molecular weight is 548 g/mol. The minimum Gasteiger partial charge on any atom is -0.357 e. The van der Waals surface area contributed by atoms with Crippen LogP contribution < -0.4 is 10.6 Å². The molecule has 0 spiro atoms. The number of piperidine rings is 1. The molecule has 0 unspecified atom stereocenters. The Balaban J connectivity index is 0.00000420. The van der Waals surface area contributed by atoms with Gasteiger partial charge in [-0.05, 0) is 38.7 Å². The predicted octanol–water partition coefficient (Wildman–Crippen LogP) is 3.02. The van der Waals surface area contributed by atoms with Crippen molar-refractivity contribution in [3.63, 3.8) is 0 Å². The Morgan fingerprint density at radius 1 is 1.28 bits per heavy atom. The fourth-order valence-electron chi connectivity index (χ4n) is 3.06. The third kappa shape index (κ3) is 7.59. The zero-order chi connectivity index (χ0) is 20.8. The van der Waals surface area contributed by atoms with Crippen molar-refractivity contribution in [2.45, 2.75) is 44.7 Å². The minimum absolute atomic E-state index is 0. The van der Waals surface area contributed by atoms with Crippen LogP contribution in [0, 0.1) is 6.92 Å². The predicted molar refractivity (Wildman–Crippen MR) is 119 cm³/mol. The van der Waals surface area contributed by atoms with Crippen LogP contribution in [0.25, 0.3) is 0 Å². The van der Waals surface area contributed by atoms with Crippen molar-refractivity contribution in [1.29, 1.82) is 0 Å². The molecule has 1 aromatic carbocycles. The van der Waals surface area contributed by atoms with Crippen LogP contribution in [0.5, 0.6) is 0 Å². The molecule has 2 N–H and O–H groups in total. The third-order valence-electron chi connectivity index (χ3n) is 4.52. The molecule has 1 saturated heterocycles.